The summed E-state index contributed by atoms with van der Waals surface area (Å²) in [5.74, 6) is -3.85. The highest BCUT2D eigenvalue weighted by atomic mass is 19.3. The number of nitrogens with zero attached hydrogens (tertiary/aromatic N) is 1. The Morgan fingerprint density at radius 2 is 2.09 bits per heavy atom. The van der Waals surface area contributed by atoms with E-state index in [-0.39, 0.29) is 23.5 Å². The molecule has 1 aromatic heterocycles. The lowest BCUT2D eigenvalue weighted by molar-refractivity contribution is 0.0130. The molecule has 0 amide bonds. The predicted octanol–water partition coefficient (Wildman–Crippen LogP) is 3.81. The number of rotatable bonds is 6. The third-order valence-corrected chi connectivity index (χ3v) is 4.05. The molecule has 1 aliphatic rings. The van der Waals surface area contributed by atoms with Gasteiger partial charge in [0.15, 0.2) is 5.78 Å². The van der Waals surface area contributed by atoms with E-state index in [1.807, 2.05) is 0 Å². The molecule has 1 fully saturated rings. The molecule has 1 atom stereocenters. The van der Waals surface area contributed by atoms with Crippen molar-refractivity contribution in [2.75, 3.05) is 13.2 Å². The van der Waals surface area contributed by atoms with Gasteiger partial charge in [0, 0.05) is 31.3 Å². The molecule has 122 valence electrons. The highest BCUT2D eigenvalue weighted by Crippen LogP contribution is 2.35. The predicted molar refractivity (Wildman–Crippen MR) is 78.4 cm³/mol. The molecule has 23 heavy (non-hydrogen) atoms. The third kappa shape index (κ3) is 3.47. The molecular weight excluding hydrogens is 304 g/mol. The fourth-order valence-corrected chi connectivity index (χ4v) is 2.62. The number of ketones is 1. The normalized spacial score (nSPS) is 18.3. The summed E-state index contributed by atoms with van der Waals surface area (Å²) in [6.07, 6.45) is 1.87. The van der Waals surface area contributed by atoms with Crippen molar-refractivity contribution >= 4 is 5.78 Å². The molecule has 6 heteroatoms. The molecule has 0 spiro atoms. The minimum absolute atomic E-state index is 0.0467. The molecule has 0 radical (unpaired) electrons. The van der Waals surface area contributed by atoms with Gasteiger partial charge in [0.2, 0.25) is 5.76 Å². The van der Waals surface area contributed by atoms with E-state index in [1.165, 1.54) is 24.3 Å². The highest BCUT2D eigenvalue weighted by molar-refractivity contribution is 5.94. The van der Waals surface area contributed by atoms with Crippen molar-refractivity contribution in [1.82, 2.24) is 5.16 Å². The third-order valence-electron chi connectivity index (χ3n) is 4.05. The van der Waals surface area contributed by atoms with Crippen LogP contribution in [0.15, 0.2) is 40.9 Å². The zero-order valence-electron chi connectivity index (χ0n) is 12.5. The summed E-state index contributed by atoms with van der Waals surface area (Å²) in [5, 5.41) is 3.52. The number of carbonyl (C=O) groups excluding carboxylic acids is 1. The molecule has 0 saturated carbocycles. The summed E-state index contributed by atoms with van der Waals surface area (Å²) in [4.78, 5) is 12.1. The van der Waals surface area contributed by atoms with E-state index in [0.717, 1.165) is 19.1 Å². The summed E-state index contributed by atoms with van der Waals surface area (Å²) in [6.45, 7) is 1.37. The summed E-state index contributed by atoms with van der Waals surface area (Å²) < 4.78 is 38.6. The van der Waals surface area contributed by atoms with Gasteiger partial charge in [-0.15, -0.1) is 0 Å². The SMILES string of the molecule is O=C(CCC1CCOC1)c1cc(C(F)(F)c2ccccc2)on1. The minimum atomic E-state index is -3.31. The van der Waals surface area contributed by atoms with Crippen LogP contribution in [0.5, 0.6) is 0 Å². The zero-order chi connectivity index (χ0) is 16.3. The average molecular weight is 321 g/mol. The second-order valence-corrected chi connectivity index (χ2v) is 5.71. The van der Waals surface area contributed by atoms with Crippen LogP contribution in [0.4, 0.5) is 8.78 Å². The molecule has 0 aliphatic carbocycles. The van der Waals surface area contributed by atoms with Gasteiger partial charge >= 0.3 is 5.92 Å². The van der Waals surface area contributed by atoms with Crippen LogP contribution in [0.1, 0.15) is 41.1 Å². The Balaban J connectivity index is 1.68. The smallest absolute Gasteiger partial charge is 0.332 e. The lowest BCUT2D eigenvalue weighted by Gasteiger charge is -2.12. The second kappa shape index (κ2) is 6.58. The number of benzene rings is 1. The number of halogens is 2. The lowest BCUT2D eigenvalue weighted by Crippen LogP contribution is -2.14. The van der Waals surface area contributed by atoms with E-state index in [1.54, 1.807) is 6.07 Å². The summed E-state index contributed by atoms with van der Waals surface area (Å²) in [7, 11) is 0. The highest BCUT2D eigenvalue weighted by Gasteiger charge is 2.39. The van der Waals surface area contributed by atoms with Crippen molar-refractivity contribution in [2.24, 2.45) is 5.92 Å². The number of Topliss-reactive ketones (excluding diaryl/α,β-unsaturated/α-hetero) is 1. The maximum atomic E-state index is 14.3. The number of hydrogen-bond acceptors (Lipinski definition) is 4. The molecule has 4 nitrogen and oxygen atoms in total. The van der Waals surface area contributed by atoms with E-state index in [9.17, 15) is 13.6 Å². The topological polar surface area (TPSA) is 52.3 Å². The first kappa shape index (κ1) is 15.8. The number of alkyl halides is 2. The number of carbonyl (C=O) groups is 1. The van der Waals surface area contributed by atoms with Gasteiger partial charge in [-0.05, 0) is 18.8 Å². The zero-order valence-corrected chi connectivity index (χ0v) is 12.5. The number of hydrogen-bond donors (Lipinski definition) is 0. The largest absolute Gasteiger partial charge is 0.381 e. The van der Waals surface area contributed by atoms with Crippen LogP contribution in [0.25, 0.3) is 0 Å². The fraction of sp³-hybridized carbons (Fsp3) is 0.412. The van der Waals surface area contributed by atoms with Crippen molar-refractivity contribution in [3.8, 4) is 0 Å². The number of aromatic nitrogens is 1. The van der Waals surface area contributed by atoms with E-state index < -0.39 is 11.7 Å². The van der Waals surface area contributed by atoms with Crippen LogP contribution in [0, 0.1) is 5.92 Å². The fourth-order valence-electron chi connectivity index (χ4n) is 2.62. The first-order valence-electron chi connectivity index (χ1n) is 7.59. The van der Waals surface area contributed by atoms with Gasteiger partial charge in [-0.2, -0.15) is 8.78 Å². The van der Waals surface area contributed by atoms with Gasteiger partial charge in [-0.1, -0.05) is 35.5 Å². The Bertz CT molecular complexity index is 663. The summed E-state index contributed by atoms with van der Waals surface area (Å²) in [6, 6.07) is 8.36. The molecule has 3 rings (SSSR count). The molecule has 1 aromatic carbocycles. The van der Waals surface area contributed by atoms with E-state index in [4.69, 9.17) is 9.26 Å². The monoisotopic (exact) mass is 321 g/mol. The van der Waals surface area contributed by atoms with Crippen molar-refractivity contribution in [3.05, 3.63) is 53.4 Å². The van der Waals surface area contributed by atoms with Crippen LogP contribution in [-0.2, 0) is 10.7 Å². The molecular formula is C17H17F2NO3. The Hall–Kier alpha value is -2.08. The molecule has 2 heterocycles. The second-order valence-electron chi connectivity index (χ2n) is 5.71. The molecule has 1 saturated heterocycles. The Morgan fingerprint density at radius 1 is 1.30 bits per heavy atom. The van der Waals surface area contributed by atoms with E-state index in [2.05, 4.69) is 5.16 Å². The molecule has 2 aromatic rings. The quantitative estimate of drug-likeness (QED) is 0.759. The van der Waals surface area contributed by atoms with Crippen LogP contribution < -0.4 is 0 Å². The van der Waals surface area contributed by atoms with Crippen molar-refractivity contribution < 1.29 is 22.8 Å². The van der Waals surface area contributed by atoms with Crippen molar-refractivity contribution in [3.63, 3.8) is 0 Å². The van der Waals surface area contributed by atoms with Gasteiger partial charge in [0.05, 0.1) is 0 Å². The first-order valence-corrected chi connectivity index (χ1v) is 7.59. The summed E-state index contributed by atoms with van der Waals surface area (Å²) >= 11 is 0. The average Bonchev–Trinajstić information content (AvgIpc) is 3.25. The molecule has 0 bridgehead atoms. The molecule has 1 aliphatic heterocycles. The van der Waals surface area contributed by atoms with Crippen molar-refractivity contribution in [1.29, 1.82) is 0 Å². The maximum absolute atomic E-state index is 14.3. The van der Waals surface area contributed by atoms with Gasteiger partial charge in [0.1, 0.15) is 5.69 Å². The van der Waals surface area contributed by atoms with Gasteiger partial charge in [0.25, 0.3) is 0 Å². The Morgan fingerprint density at radius 3 is 2.78 bits per heavy atom. The Labute approximate surface area is 132 Å². The maximum Gasteiger partial charge on any atom is 0.332 e. The first-order chi connectivity index (χ1) is 11.1. The van der Waals surface area contributed by atoms with Crippen LogP contribution in [-0.4, -0.2) is 24.2 Å². The van der Waals surface area contributed by atoms with E-state index >= 15 is 0 Å². The lowest BCUT2D eigenvalue weighted by atomic mass is 9.99. The van der Waals surface area contributed by atoms with Crippen LogP contribution in [0.2, 0.25) is 0 Å². The van der Waals surface area contributed by atoms with Gasteiger partial charge in [-0.3, -0.25) is 4.79 Å². The van der Waals surface area contributed by atoms with E-state index in [0.29, 0.717) is 18.9 Å². The van der Waals surface area contributed by atoms with Crippen molar-refractivity contribution in [2.45, 2.75) is 25.2 Å². The summed E-state index contributed by atoms with van der Waals surface area (Å²) in [5.41, 5.74) is -0.243. The Kier molecular flexibility index (Phi) is 4.52. The van der Waals surface area contributed by atoms with Gasteiger partial charge < -0.3 is 9.26 Å². The standard InChI is InChI=1S/C17H17F2NO3/c18-17(19,13-4-2-1-3-5-13)16-10-14(20-23-16)15(21)7-6-12-8-9-22-11-12/h1-5,10,12H,6-9,11H2. The molecule has 1 unspecified atom stereocenters. The van der Waals surface area contributed by atoms with Gasteiger partial charge in [-0.25, -0.2) is 0 Å². The van der Waals surface area contributed by atoms with Crippen LogP contribution >= 0.6 is 0 Å². The number of ether oxygens (including phenoxy) is 1. The minimum Gasteiger partial charge on any atom is -0.381 e. The van der Waals surface area contributed by atoms with Crippen LogP contribution in [0.3, 0.4) is 0 Å². The molecule has 0 N–H and O–H groups in total.